The number of urea groups is 1. The molecule has 6 rings (SSSR count). The van der Waals surface area contributed by atoms with E-state index in [4.69, 9.17) is 15.9 Å². The van der Waals surface area contributed by atoms with Crippen LogP contribution < -0.4 is 25.4 Å². The molecule has 0 bridgehead atoms. The van der Waals surface area contributed by atoms with E-state index in [1.165, 1.54) is 0 Å². The quantitative estimate of drug-likeness (QED) is 0.523. The molecule has 0 spiro atoms. The van der Waals surface area contributed by atoms with Crippen molar-refractivity contribution < 1.29 is 19.1 Å². The maximum absolute atomic E-state index is 12.5. The van der Waals surface area contributed by atoms with Gasteiger partial charge >= 0.3 is 6.03 Å². The number of amides is 3. The van der Waals surface area contributed by atoms with Gasteiger partial charge in [0.1, 0.15) is 29.2 Å². The third-order valence-corrected chi connectivity index (χ3v) is 6.24. The van der Waals surface area contributed by atoms with Gasteiger partial charge in [0.25, 0.3) is 0 Å². The van der Waals surface area contributed by atoms with E-state index in [1.807, 2.05) is 18.2 Å². The summed E-state index contributed by atoms with van der Waals surface area (Å²) in [5.74, 6) is 5.24. The van der Waals surface area contributed by atoms with Crippen LogP contribution in [0.2, 0.25) is 0 Å². The molecule has 3 N–H and O–H groups in total. The molecule has 0 radical (unpaired) electrons. The van der Waals surface area contributed by atoms with E-state index in [1.54, 1.807) is 36.5 Å². The van der Waals surface area contributed by atoms with E-state index < -0.39 is 0 Å². The molecule has 2 aliphatic heterocycles. The number of benzene rings is 2. The van der Waals surface area contributed by atoms with Gasteiger partial charge in [-0.3, -0.25) is 4.79 Å². The minimum absolute atomic E-state index is 0.0436. The number of terminal acetylenes is 1. The Hall–Kier alpha value is -4.51. The first-order valence-electron chi connectivity index (χ1n) is 11.0. The molecule has 34 heavy (non-hydrogen) atoms. The van der Waals surface area contributed by atoms with E-state index in [0.717, 1.165) is 16.9 Å². The predicted octanol–water partition coefficient (Wildman–Crippen LogP) is 3.79. The summed E-state index contributed by atoms with van der Waals surface area (Å²) >= 11 is 0. The smallest absolute Gasteiger partial charge is 0.319 e. The molecule has 3 atom stereocenters. The molecule has 1 saturated carbocycles. The number of carbonyl (C=O) groups excluding carboxylic acids is 2. The molecular weight excluding hydrogens is 432 g/mol. The zero-order chi connectivity index (χ0) is 23.2. The third-order valence-electron chi connectivity index (χ3n) is 6.24. The SMILES string of the molecule is C#Cc1cccc(NC(=O)NC2C3Oc4ccc(Oc5ccnc6c5CCC(=O)N6)cc4C23)c1. The van der Waals surface area contributed by atoms with Gasteiger partial charge in [-0.05, 0) is 48.9 Å². The summed E-state index contributed by atoms with van der Waals surface area (Å²) in [7, 11) is 0. The number of hydrogen-bond acceptors (Lipinski definition) is 5. The van der Waals surface area contributed by atoms with Crippen LogP contribution in [-0.4, -0.2) is 29.1 Å². The van der Waals surface area contributed by atoms with Crippen LogP contribution in [0.15, 0.2) is 54.7 Å². The highest BCUT2D eigenvalue weighted by molar-refractivity contribution is 5.93. The largest absolute Gasteiger partial charge is 0.487 e. The molecule has 168 valence electrons. The van der Waals surface area contributed by atoms with Crippen LogP contribution >= 0.6 is 0 Å². The van der Waals surface area contributed by atoms with Gasteiger partial charge in [0.15, 0.2) is 0 Å². The van der Waals surface area contributed by atoms with Crippen LogP contribution in [0.1, 0.15) is 29.0 Å². The molecule has 0 saturated heterocycles. The van der Waals surface area contributed by atoms with Crippen molar-refractivity contribution in [2.75, 3.05) is 10.6 Å². The normalized spacial score (nSPS) is 21.0. The molecule has 3 aromatic rings. The highest BCUT2D eigenvalue weighted by atomic mass is 16.5. The standard InChI is InChI=1S/C26H20N4O4/c1-2-14-4-3-5-15(12-14)28-26(32)30-23-22-18-13-16(6-8-19(18)34-24(22)23)33-20-10-11-27-25-17(20)7-9-21(31)29-25/h1,3-6,8,10-13,22-24H,7,9H2,(H,27,29,31)(H2,28,30,32). The van der Waals surface area contributed by atoms with Crippen LogP contribution in [0.5, 0.6) is 17.2 Å². The highest BCUT2D eigenvalue weighted by Gasteiger charge is 2.59. The van der Waals surface area contributed by atoms with Gasteiger partial charge in [0, 0.05) is 35.0 Å². The van der Waals surface area contributed by atoms with E-state index in [-0.39, 0.29) is 30.0 Å². The number of aromatic nitrogens is 1. The lowest BCUT2D eigenvalue weighted by Gasteiger charge is -2.19. The van der Waals surface area contributed by atoms with Crippen molar-refractivity contribution in [3.8, 4) is 29.6 Å². The van der Waals surface area contributed by atoms with Gasteiger partial charge < -0.3 is 25.4 Å². The number of rotatable bonds is 4. The third kappa shape index (κ3) is 3.57. The average Bonchev–Trinajstić information content (AvgIpc) is 3.35. The number of nitrogens with zero attached hydrogens (tertiary/aromatic N) is 1. The minimum Gasteiger partial charge on any atom is -0.487 e. The zero-order valence-electron chi connectivity index (χ0n) is 18.0. The first-order chi connectivity index (χ1) is 16.6. The minimum atomic E-state index is -0.309. The Labute approximate surface area is 195 Å². The molecule has 2 aromatic carbocycles. The van der Waals surface area contributed by atoms with Crippen molar-refractivity contribution in [1.82, 2.24) is 10.3 Å². The topological polar surface area (TPSA) is 102 Å². The highest BCUT2D eigenvalue weighted by Crippen LogP contribution is 2.54. The molecule has 1 aromatic heterocycles. The monoisotopic (exact) mass is 452 g/mol. The summed E-state index contributed by atoms with van der Waals surface area (Å²) in [6.45, 7) is 0. The van der Waals surface area contributed by atoms with Gasteiger partial charge in [-0.1, -0.05) is 12.0 Å². The predicted molar refractivity (Wildman–Crippen MR) is 125 cm³/mol. The molecule has 8 heteroatoms. The van der Waals surface area contributed by atoms with Crippen molar-refractivity contribution in [2.24, 2.45) is 0 Å². The fourth-order valence-corrected chi connectivity index (χ4v) is 4.56. The summed E-state index contributed by atoms with van der Waals surface area (Å²) in [5.41, 5.74) is 3.21. The maximum Gasteiger partial charge on any atom is 0.319 e. The first kappa shape index (κ1) is 20.1. The molecular formula is C26H20N4O4. The van der Waals surface area contributed by atoms with E-state index in [0.29, 0.717) is 41.4 Å². The lowest BCUT2D eigenvalue weighted by molar-refractivity contribution is -0.116. The van der Waals surface area contributed by atoms with Gasteiger partial charge in [0.05, 0.1) is 12.0 Å². The summed E-state index contributed by atoms with van der Waals surface area (Å²) in [5, 5.41) is 8.58. The summed E-state index contributed by atoms with van der Waals surface area (Å²) in [6.07, 6.45) is 7.92. The molecule has 3 unspecified atom stereocenters. The van der Waals surface area contributed by atoms with Crippen molar-refractivity contribution >= 4 is 23.4 Å². The van der Waals surface area contributed by atoms with Gasteiger partial charge in [-0.2, -0.15) is 0 Å². The zero-order valence-corrected chi connectivity index (χ0v) is 18.0. The number of fused-ring (bicyclic) bond motifs is 4. The second-order valence-electron chi connectivity index (χ2n) is 8.44. The van der Waals surface area contributed by atoms with Gasteiger partial charge in [0.2, 0.25) is 5.91 Å². The first-order valence-corrected chi connectivity index (χ1v) is 11.0. The van der Waals surface area contributed by atoms with Crippen LogP contribution in [0, 0.1) is 12.3 Å². The van der Waals surface area contributed by atoms with E-state index >= 15 is 0 Å². The van der Waals surface area contributed by atoms with Gasteiger partial charge in [-0.15, -0.1) is 6.42 Å². The van der Waals surface area contributed by atoms with E-state index in [9.17, 15) is 9.59 Å². The Morgan fingerprint density at radius 3 is 3.00 bits per heavy atom. The number of ether oxygens (including phenoxy) is 2. The van der Waals surface area contributed by atoms with Crippen molar-refractivity contribution in [2.45, 2.75) is 30.9 Å². The number of carbonyl (C=O) groups is 2. The van der Waals surface area contributed by atoms with Crippen LogP contribution in [-0.2, 0) is 11.2 Å². The van der Waals surface area contributed by atoms with Crippen molar-refractivity contribution in [3.63, 3.8) is 0 Å². The number of anilines is 2. The Balaban J connectivity index is 1.14. The second-order valence-corrected chi connectivity index (χ2v) is 8.44. The van der Waals surface area contributed by atoms with Crippen molar-refractivity contribution in [1.29, 1.82) is 0 Å². The molecule has 3 aliphatic rings. The van der Waals surface area contributed by atoms with Crippen LogP contribution in [0.3, 0.4) is 0 Å². The molecule has 8 nitrogen and oxygen atoms in total. The number of pyridine rings is 1. The van der Waals surface area contributed by atoms with Crippen LogP contribution in [0.4, 0.5) is 16.3 Å². The lowest BCUT2D eigenvalue weighted by Crippen LogP contribution is -2.34. The second kappa shape index (κ2) is 7.81. The van der Waals surface area contributed by atoms with E-state index in [2.05, 4.69) is 26.9 Å². The summed E-state index contributed by atoms with van der Waals surface area (Å²) < 4.78 is 12.2. The Bertz CT molecular complexity index is 1380. The fraction of sp³-hybridized carbons (Fsp3) is 0.192. The number of nitrogens with one attached hydrogen (secondary N) is 3. The fourth-order valence-electron chi connectivity index (χ4n) is 4.56. The van der Waals surface area contributed by atoms with Crippen LogP contribution in [0.25, 0.3) is 0 Å². The lowest BCUT2D eigenvalue weighted by atomic mass is 10.1. The molecule has 1 aliphatic carbocycles. The molecule has 1 fully saturated rings. The van der Waals surface area contributed by atoms with Gasteiger partial charge in [-0.25, -0.2) is 9.78 Å². The summed E-state index contributed by atoms with van der Waals surface area (Å²) in [6, 6.07) is 14.2. The summed E-state index contributed by atoms with van der Waals surface area (Å²) in [4.78, 5) is 28.4. The Morgan fingerprint density at radius 2 is 2.12 bits per heavy atom. The Kier molecular flexibility index (Phi) is 4.62. The molecule has 3 heterocycles. The Morgan fingerprint density at radius 1 is 1.21 bits per heavy atom. The molecule has 3 amide bonds. The maximum atomic E-state index is 12.5. The number of hydrogen-bond donors (Lipinski definition) is 3. The van der Waals surface area contributed by atoms with Crippen molar-refractivity contribution in [3.05, 3.63) is 71.4 Å². The average molecular weight is 452 g/mol.